The number of benzene rings is 2. The minimum Gasteiger partial charge on any atom is -0.481 e. The van der Waals surface area contributed by atoms with Gasteiger partial charge in [-0.2, -0.15) is 0 Å². The zero-order chi connectivity index (χ0) is 23.6. The van der Waals surface area contributed by atoms with E-state index < -0.39 is 29.5 Å². The fraction of sp³-hybridized carbons (Fsp3) is 0.238. The standard InChI is InChI=1S/C21H20ClN5O4S2/c22-15-8-4-5-9-18(15)33-20-24-25-26-27(20)13-17(28)16(12-19(29)30)23-21(31)32-11-10-14-6-2-1-3-7-14/h1-9,16H,10-13H2,(H,23,31)(H,29,30). The normalized spacial score (nSPS) is 11.7. The summed E-state index contributed by atoms with van der Waals surface area (Å²) in [5.74, 6) is -1.23. The number of tetrazole rings is 1. The quantitative estimate of drug-likeness (QED) is 0.402. The van der Waals surface area contributed by atoms with Crippen LogP contribution in [-0.2, 0) is 22.6 Å². The number of hydrogen-bond donors (Lipinski definition) is 2. The van der Waals surface area contributed by atoms with Crippen molar-refractivity contribution in [1.29, 1.82) is 0 Å². The number of carbonyl (C=O) groups excluding carboxylic acids is 2. The molecule has 9 nitrogen and oxygen atoms in total. The third-order valence-corrected chi connectivity index (χ3v) is 6.65. The SMILES string of the molecule is O=C(O)CC(NC(=O)SCCc1ccccc1)C(=O)Cn1nnnc1Sc1ccccc1Cl. The number of halogens is 1. The van der Waals surface area contributed by atoms with Crippen LogP contribution in [0.15, 0.2) is 64.6 Å². The summed E-state index contributed by atoms with van der Waals surface area (Å²) >= 11 is 8.33. The molecular weight excluding hydrogens is 486 g/mol. The van der Waals surface area contributed by atoms with E-state index >= 15 is 0 Å². The van der Waals surface area contributed by atoms with Crippen LogP contribution in [0.1, 0.15) is 12.0 Å². The predicted molar refractivity (Wildman–Crippen MR) is 126 cm³/mol. The van der Waals surface area contributed by atoms with Crippen LogP contribution in [0.2, 0.25) is 5.02 Å². The minimum atomic E-state index is -1.21. The van der Waals surface area contributed by atoms with E-state index in [-0.39, 0.29) is 6.54 Å². The third kappa shape index (κ3) is 7.88. The number of ketones is 1. The van der Waals surface area contributed by atoms with E-state index in [0.717, 1.165) is 17.3 Å². The van der Waals surface area contributed by atoms with Gasteiger partial charge in [-0.15, -0.1) is 5.10 Å². The molecule has 0 aliphatic carbocycles. The van der Waals surface area contributed by atoms with E-state index in [0.29, 0.717) is 27.2 Å². The molecule has 0 aliphatic rings. The van der Waals surface area contributed by atoms with Gasteiger partial charge < -0.3 is 10.4 Å². The second-order valence-corrected chi connectivity index (χ2v) is 9.27. The Morgan fingerprint density at radius 2 is 1.82 bits per heavy atom. The van der Waals surface area contributed by atoms with E-state index in [1.54, 1.807) is 24.3 Å². The van der Waals surface area contributed by atoms with Crippen molar-refractivity contribution in [3.8, 4) is 0 Å². The highest BCUT2D eigenvalue weighted by Crippen LogP contribution is 2.31. The number of Topliss-reactive ketones (excluding diaryl/α,β-unsaturated/α-hetero) is 1. The van der Waals surface area contributed by atoms with Gasteiger partial charge in [-0.3, -0.25) is 14.4 Å². The summed E-state index contributed by atoms with van der Waals surface area (Å²) < 4.78 is 1.25. The average molecular weight is 506 g/mol. The maximum absolute atomic E-state index is 12.8. The number of aryl methyl sites for hydroxylation is 1. The maximum Gasteiger partial charge on any atom is 0.305 e. The van der Waals surface area contributed by atoms with Gasteiger partial charge >= 0.3 is 5.97 Å². The highest BCUT2D eigenvalue weighted by molar-refractivity contribution is 8.13. The molecule has 12 heteroatoms. The molecule has 1 heterocycles. The second-order valence-electron chi connectivity index (χ2n) is 6.78. The van der Waals surface area contributed by atoms with E-state index in [9.17, 15) is 19.5 Å². The van der Waals surface area contributed by atoms with Gasteiger partial charge in [0.1, 0.15) is 12.6 Å². The Morgan fingerprint density at radius 3 is 2.55 bits per heavy atom. The topological polar surface area (TPSA) is 127 Å². The number of aromatic nitrogens is 4. The lowest BCUT2D eigenvalue weighted by molar-refractivity contribution is -0.139. The number of carboxylic acids is 1. The summed E-state index contributed by atoms with van der Waals surface area (Å²) in [5.41, 5.74) is 1.08. The molecule has 3 aromatic rings. The van der Waals surface area contributed by atoms with Crippen molar-refractivity contribution in [3.05, 3.63) is 65.2 Å². The van der Waals surface area contributed by atoms with Crippen LogP contribution in [0.4, 0.5) is 4.79 Å². The number of rotatable bonds is 11. The summed E-state index contributed by atoms with van der Waals surface area (Å²) in [6.45, 7) is -0.299. The fourth-order valence-electron chi connectivity index (χ4n) is 2.76. The van der Waals surface area contributed by atoms with E-state index in [2.05, 4.69) is 20.8 Å². The first kappa shape index (κ1) is 24.7. The lowest BCUT2D eigenvalue weighted by atomic mass is 10.1. The third-order valence-electron chi connectivity index (χ3n) is 4.37. The van der Waals surface area contributed by atoms with Crippen molar-refractivity contribution in [3.63, 3.8) is 0 Å². The van der Waals surface area contributed by atoms with Gasteiger partial charge in [0.05, 0.1) is 11.4 Å². The van der Waals surface area contributed by atoms with Crippen LogP contribution in [-0.4, -0.2) is 54.1 Å². The molecule has 2 aromatic carbocycles. The van der Waals surface area contributed by atoms with Gasteiger partial charge in [-0.25, -0.2) is 4.68 Å². The molecule has 0 fully saturated rings. The fourth-order valence-corrected chi connectivity index (χ4v) is 4.56. The van der Waals surface area contributed by atoms with Gasteiger partial charge in [-0.05, 0) is 46.3 Å². The number of carboxylic acid groups (broad SMARTS) is 1. The molecule has 0 radical (unpaired) electrons. The largest absolute Gasteiger partial charge is 0.481 e. The number of nitrogens with zero attached hydrogens (tertiary/aromatic N) is 4. The Hall–Kier alpha value is -2.89. The van der Waals surface area contributed by atoms with Crippen LogP contribution in [0.25, 0.3) is 0 Å². The number of carbonyl (C=O) groups is 3. The number of nitrogens with one attached hydrogen (secondary N) is 1. The second kappa shape index (κ2) is 12.4. The smallest absolute Gasteiger partial charge is 0.305 e. The zero-order valence-corrected chi connectivity index (χ0v) is 19.6. The lowest BCUT2D eigenvalue weighted by Crippen LogP contribution is -2.42. The first-order chi connectivity index (χ1) is 15.9. The molecule has 1 aromatic heterocycles. The number of thioether (sulfide) groups is 1. The Morgan fingerprint density at radius 1 is 1.09 bits per heavy atom. The molecule has 0 aliphatic heterocycles. The van der Waals surface area contributed by atoms with Gasteiger partial charge in [0, 0.05) is 10.6 Å². The van der Waals surface area contributed by atoms with Gasteiger partial charge in [0.25, 0.3) is 5.24 Å². The highest BCUT2D eigenvalue weighted by Gasteiger charge is 2.25. The molecule has 1 unspecified atom stereocenters. The Labute approximate surface area is 203 Å². The number of aliphatic carboxylic acids is 1. The first-order valence-corrected chi connectivity index (χ1v) is 12.0. The van der Waals surface area contributed by atoms with E-state index in [1.165, 1.54) is 16.4 Å². The van der Waals surface area contributed by atoms with Crippen molar-refractivity contribution in [1.82, 2.24) is 25.5 Å². The van der Waals surface area contributed by atoms with Crippen LogP contribution in [0.3, 0.4) is 0 Å². The maximum atomic E-state index is 12.8. The lowest BCUT2D eigenvalue weighted by Gasteiger charge is -2.16. The highest BCUT2D eigenvalue weighted by atomic mass is 35.5. The van der Waals surface area contributed by atoms with Gasteiger partial charge in [-0.1, -0.05) is 65.8 Å². The number of hydrogen-bond acceptors (Lipinski definition) is 8. The van der Waals surface area contributed by atoms with Crippen molar-refractivity contribution >= 4 is 52.1 Å². The van der Waals surface area contributed by atoms with Crippen molar-refractivity contribution in [2.45, 2.75) is 35.5 Å². The summed E-state index contributed by atoms with van der Waals surface area (Å²) in [4.78, 5) is 37.1. The van der Waals surface area contributed by atoms with Gasteiger partial charge in [0.15, 0.2) is 5.78 Å². The monoisotopic (exact) mass is 505 g/mol. The van der Waals surface area contributed by atoms with Crippen molar-refractivity contribution in [2.75, 3.05) is 5.75 Å². The molecular formula is C21H20ClN5O4S2. The Bertz CT molecular complexity index is 1110. The molecule has 0 spiro atoms. The molecule has 1 atom stereocenters. The van der Waals surface area contributed by atoms with Crippen LogP contribution in [0.5, 0.6) is 0 Å². The molecule has 0 bridgehead atoms. The Balaban J connectivity index is 1.59. The molecule has 33 heavy (non-hydrogen) atoms. The summed E-state index contributed by atoms with van der Waals surface area (Å²) in [6, 6.07) is 15.6. The van der Waals surface area contributed by atoms with Crippen LogP contribution < -0.4 is 5.32 Å². The van der Waals surface area contributed by atoms with E-state index in [1.807, 2.05) is 30.3 Å². The number of amides is 1. The van der Waals surface area contributed by atoms with Crippen molar-refractivity contribution < 1.29 is 19.5 Å². The molecule has 1 amide bonds. The molecule has 3 rings (SSSR count). The van der Waals surface area contributed by atoms with E-state index in [4.69, 9.17) is 11.6 Å². The van der Waals surface area contributed by atoms with Crippen LogP contribution >= 0.6 is 35.1 Å². The van der Waals surface area contributed by atoms with Crippen LogP contribution in [0, 0.1) is 0 Å². The zero-order valence-electron chi connectivity index (χ0n) is 17.3. The first-order valence-electron chi connectivity index (χ1n) is 9.82. The minimum absolute atomic E-state index is 0.299. The molecule has 0 saturated heterocycles. The molecule has 172 valence electrons. The predicted octanol–water partition coefficient (Wildman–Crippen LogP) is 3.58. The summed E-state index contributed by atoms with van der Waals surface area (Å²) in [6.07, 6.45) is 0.128. The Kier molecular flexibility index (Phi) is 9.28. The van der Waals surface area contributed by atoms with Crippen molar-refractivity contribution in [2.24, 2.45) is 0 Å². The molecule has 2 N–H and O–H groups in total. The van der Waals surface area contributed by atoms with Gasteiger partial charge in [0.2, 0.25) is 5.16 Å². The average Bonchev–Trinajstić information content (AvgIpc) is 3.21. The summed E-state index contributed by atoms with van der Waals surface area (Å²) in [5, 5.41) is 23.4. The molecule has 0 saturated carbocycles. The summed E-state index contributed by atoms with van der Waals surface area (Å²) in [7, 11) is 0.